The van der Waals surface area contributed by atoms with Crippen LogP contribution in [0.4, 0.5) is 12.9 Å². The van der Waals surface area contributed by atoms with Crippen LogP contribution in [0.5, 0.6) is 5.75 Å². The third kappa shape index (κ3) is 3.66. The first-order chi connectivity index (χ1) is 6.79. The monoisotopic (exact) mass is 237 g/mol. The molecular weight excluding hydrogens is 227 g/mol. The maximum atomic E-state index is 12.0. The van der Waals surface area contributed by atoms with Gasteiger partial charge in [-0.1, -0.05) is 11.6 Å². The van der Waals surface area contributed by atoms with E-state index in [2.05, 4.69) is 0 Å². The van der Waals surface area contributed by atoms with Gasteiger partial charge < -0.3 is 17.7 Å². The molecule has 0 radical (unpaired) electrons. The van der Waals surface area contributed by atoms with Crippen molar-refractivity contribution < 1.29 is 17.7 Å². The minimum atomic E-state index is -4.92. The molecule has 0 fully saturated rings. The summed E-state index contributed by atoms with van der Waals surface area (Å²) in [4.78, 5) is 0. The van der Waals surface area contributed by atoms with Gasteiger partial charge in [-0.15, -0.1) is 0 Å². The topological polar surface area (TPSA) is 9.23 Å². The highest BCUT2D eigenvalue weighted by atomic mass is 35.5. The van der Waals surface area contributed by atoms with Crippen LogP contribution in [0, 0.1) is 13.8 Å². The molecule has 1 nitrogen and oxygen atoms in total. The summed E-state index contributed by atoms with van der Waals surface area (Å²) in [6, 6.07) is 3.15. The third-order valence-electron chi connectivity index (χ3n) is 1.84. The molecule has 0 aromatic heterocycles. The number of hydrogen-bond donors (Lipinski definition) is 0. The van der Waals surface area contributed by atoms with E-state index in [1.54, 1.807) is 26.0 Å². The molecule has 0 heterocycles. The van der Waals surface area contributed by atoms with Crippen molar-refractivity contribution >= 4 is 18.6 Å². The van der Waals surface area contributed by atoms with E-state index in [1.807, 2.05) is 0 Å². The van der Waals surface area contributed by atoms with E-state index in [4.69, 9.17) is 16.3 Å². The van der Waals surface area contributed by atoms with Gasteiger partial charge in [-0.25, -0.2) is 0 Å². The lowest BCUT2D eigenvalue weighted by atomic mass is 9.94. The van der Waals surface area contributed by atoms with E-state index in [0.29, 0.717) is 16.1 Å². The summed E-state index contributed by atoms with van der Waals surface area (Å²) >= 11 is 5.74. The average Bonchev–Trinajstić information content (AvgIpc) is 1.99. The number of hydrogen-bond acceptors (Lipinski definition) is 1. The van der Waals surface area contributed by atoms with Gasteiger partial charge in [0.25, 0.3) is 0 Å². The summed E-state index contributed by atoms with van der Waals surface area (Å²) in [5, 5.41) is 0.495. The molecule has 1 aromatic carbocycles. The summed E-state index contributed by atoms with van der Waals surface area (Å²) in [6.07, 6.45) is 0. The van der Waals surface area contributed by atoms with Crippen LogP contribution in [0.15, 0.2) is 12.1 Å². The summed E-state index contributed by atoms with van der Waals surface area (Å²) in [6.45, 7) is -2.81. The van der Waals surface area contributed by atoms with Crippen LogP contribution in [0.3, 0.4) is 0 Å². The summed E-state index contributed by atoms with van der Waals surface area (Å²) in [5.74, 6) is 0.263. The summed E-state index contributed by atoms with van der Waals surface area (Å²) < 4.78 is 40.7. The van der Waals surface area contributed by atoms with Crippen molar-refractivity contribution in [1.82, 2.24) is 0 Å². The molecule has 0 amide bonds. The Balaban J connectivity index is 2.86. The lowest BCUT2D eigenvalue weighted by molar-refractivity contribution is 0.310. The second-order valence-corrected chi connectivity index (χ2v) is 3.83. The molecule has 0 bridgehead atoms. The largest absolute Gasteiger partial charge is 0.521 e. The van der Waals surface area contributed by atoms with Crippen molar-refractivity contribution in [3.05, 3.63) is 28.3 Å². The van der Waals surface area contributed by atoms with Crippen LogP contribution in [-0.2, 0) is 0 Å². The minimum Gasteiger partial charge on any atom is -0.521 e. The SMILES string of the molecule is Cc1cc(Cl)cc(C)c1OC[B-](F)(F)F. The molecule has 84 valence electrons. The van der Waals surface area contributed by atoms with Gasteiger partial charge in [-0.05, 0) is 37.1 Å². The molecule has 0 spiro atoms. The zero-order chi connectivity index (χ0) is 11.6. The lowest BCUT2D eigenvalue weighted by Crippen LogP contribution is -2.26. The second kappa shape index (κ2) is 4.35. The number of rotatable bonds is 3. The highest BCUT2D eigenvalue weighted by Crippen LogP contribution is 2.27. The Bertz CT molecular complexity index is 342. The number of ether oxygens (including phenoxy) is 1. The molecule has 0 saturated carbocycles. The Morgan fingerprint density at radius 2 is 1.67 bits per heavy atom. The number of benzene rings is 1. The molecule has 0 N–H and O–H groups in total. The van der Waals surface area contributed by atoms with Crippen molar-refractivity contribution in [2.75, 3.05) is 6.51 Å². The minimum absolute atomic E-state index is 0.263. The van der Waals surface area contributed by atoms with E-state index in [9.17, 15) is 12.9 Å². The number of aryl methyl sites for hydroxylation is 2. The van der Waals surface area contributed by atoms with Gasteiger partial charge in [0.2, 0.25) is 0 Å². The van der Waals surface area contributed by atoms with Gasteiger partial charge in [0, 0.05) is 5.02 Å². The fourth-order valence-electron chi connectivity index (χ4n) is 1.30. The van der Waals surface area contributed by atoms with Gasteiger partial charge in [-0.2, -0.15) is 0 Å². The molecule has 0 aliphatic rings. The maximum absolute atomic E-state index is 12.0. The molecule has 0 atom stereocenters. The van der Waals surface area contributed by atoms with Crippen LogP contribution in [0.25, 0.3) is 0 Å². The normalized spacial score (nSPS) is 11.6. The first-order valence-corrected chi connectivity index (χ1v) is 4.78. The van der Waals surface area contributed by atoms with Crippen LogP contribution in [0.2, 0.25) is 5.02 Å². The second-order valence-electron chi connectivity index (χ2n) is 3.39. The van der Waals surface area contributed by atoms with E-state index in [1.165, 1.54) is 0 Å². The summed E-state index contributed by atoms with van der Waals surface area (Å²) in [5.41, 5.74) is 1.22. The molecule has 15 heavy (non-hydrogen) atoms. The van der Waals surface area contributed by atoms with Crippen LogP contribution in [-0.4, -0.2) is 13.5 Å². The number of halogens is 4. The first-order valence-electron chi connectivity index (χ1n) is 4.40. The molecular formula is C9H10BClF3O-. The van der Waals surface area contributed by atoms with E-state index >= 15 is 0 Å². The first kappa shape index (κ1) is 12.2. The van der Waals surface area contributed by atoms with Crippen molar-refractivity contribution in [1.29, 1.82) is 0 Å². The standard InChI is InChI=1S/C9H10BClF3O/c1-6-3-8(11)4-7(2)9(6)15-5-10(12,13)14/h3-4H,5H2,1-2H3/q-1. The Morgan fingerprint density at radius 3 is 2.07 bits per heavy atom. The van der Waals surface area contributed by atoms with Gasteiger partial charge in [0.15, 0.2) is 0 Å². The molecule has 0 aliphatic heterocycles. The van der Waals surface area contributed by atoms with E-state index in [0.717, 1.165) is 0 Å². The molecule has 1 aromatic rings. The molecule has 6 heteroatoms. The van der Waals surface area contributed by atoms with Gasteiger partial charge in [0.05, 0.1) is 6.51 Å². The Morgan fingerprint density at radius 1 is 1.20 bits per heavy atom. The predicted octanol–water partition coefficient (Wildman–Crippen LogP) is 3.72. The van der Waals surface area contributed by atoms with Crippen molar-refractivity contribution in [2.24, 2.45) is 0 Å². The lowest BCUT2D eigenvalue weighted by Gasteiger charge is -2.18. The molecule has 0 unspecified atom stereocenters. The Kier molecular flexibility index (Phi) is 3.55. The van der Waals surface area contributed by atoms with Crippen molar-refractivity contribution in [3.8, 4) is 5.75 Å². The zero-order valence-corrected chi connectivity index (χ0v) is 9.12. The van der Waals surface area contributed by atoms with Crippen LogP contribution < -0.4 is 4.74 Å². The Hall–Kier alpha value is -0.835. The van der Waals surface area contributed by atoms with Crippen molar-refractivity contribution in [3.63, 3.8) is 0 Å². The average molecular weight is 237 g/mol. The highest BCUT2D eigenvalue weighted by molar-refractivity contribution is 6.58. The maximum Gasteiger partial charge on any atom is 0.515 e. The highest BCUT2D eigenvalue weighted by Gasteiger charge is 2.24. The third-order valence-corrected chi connectivity index (χ3v) is 2.06. The van der Waals surface area contributed by atoms with Gasteiger partial charge >= 0.3 is 6.98 Å². The summed E-state index contributed by atoms with van der Waals surface area (Å²) in [7, 11) is 0. The predicted molar refractivity (Wildman–Crippen MR) is 55.5 cm³/mol. The fourth-order valence-corrected chi connectivity index (χ4v) is 1.63. The zero-order valence-electron chi connectivity index (χ0n) is 8.36. The van der Waals surface area contributed by atoms with E-state index < -0.39 is 13.5 Å². The van der Waals surface area contributed by atoms with E-state index in [-0.39, 0.29) is 5.75 Å². The Labute approximate surface area is 91.2 Å². The molecule has 0 aliphatic carbocycles. The fraction of sp³-hybridized carbons (Fsp3) is 0.333. The van der Waals surface area contributed by atoms with Gasteiger partial charge in [0.1, 0.15) is 5.75 Å². The van der Waals surface area contributed by atoms with Crippen LogP contribution >= 0.6 is 11.6 Å². The quantitative estimate of drug-likeness (QED) is 0.728. The van der Waals surface area contributed by atoms with Crippen LogP contribution in [0.1, 0.15) is 11.1 Å². The van der Waals surface area contributed by atoms with Crippen molar-refractivity contribution in [2.45, 2.75) is 13.8 Å². The smallest absolute Gasteiger partial charge is 0.515 e. The molecule has 0 saturated heterocycles. The molecule has 1 rings (SSSR count). The van der Waals surface area contributed by atoms with Gasteiger partial charge in [-0.3, -0.25) is 0 Å².